The monoisotopic (exact) mass is 372 g/mol. The van der Waals surface area contributed by atoms with Gasteiger partial charge in [-0.25, -0.2) is 0 Å². The minimum atomic E-state index is -0.508. The lowest BCUT2D eigenvalue weighted by Gasteiger charge is -2.32. The zero-order valence-corrected chi connectivity index (χ0v) is 16.1. The van der Waals surface area contributed by atoms with Crippen LogP contribution in [-0.4, -0.2) is 30.4 Å². The van der Waals surface area contributed by atoms with Crippen LogP contribution in [0.5, 0.6) is 0 Å². The molecule has 2 aromatic rings. The van der Waals surface area contributed by atoms with E-state index < -0.39 is 18.3 Å². The number of carbonyl (C=O) groups is 1. The Morgan fingerprint density at radius 1 is 1.19 bits per heavy atom. The lowest BCUT2D eigenvalue weighted by molar-refractivity contribution is 0.00578. The van der Waals surface area contributed by atoms with Crippen LogP contribution in [0.4, 0.5) is 0 Å². The molecule has 1 aliphatic rings. The molecule has 0 atom stereocenters. The fourth-order valence-electron chi connectivity index (χ4n) is 2.73. The van der Waals surface area contributed by atoms with Crippen molar-refractivity contribution in [3.8, 4) is 0 Å². The van der Waals surface area contributed by atoms with E-state index in [1.165, 1.54) is 6.26 Å². The van der Waals surface area contributed by atoms with Gasteiger partial charge in [-0.2, -0.15) is 12.6 Å². The van der Waals surface area contributed by atoms with E-state index in [9.17, 15) is 9.59 Å². The molecule has 0 saturated carbocycles. The van der Waals surface area contributed by atoms with Gasteiger partial charge in [0.1, 0.15) is 11.8 Å². The Labute approximate surface area is 157 Å². The first-order chi connectivity index (χ1) is 12.2. The highest BCUT2D eigenvalue weighted by atomic mass is 32.1. The number of carbonyl (C=O) groups excluding carboxylic acids is 1. The van der Waals surface area contributed by atoms with E-state index in [-0.39, 0.29) is 11.0 Å². The highest BCUT2D eigenvalue weighted by Crippen LogP contribution is 2.39. The van der Waals surface area contributed by atoms with Gasteiger partial charge < -0.3 is 13.7 Å². The molecule has 2 heterocycles. The van der Waals surface area contributed by atoms with Crippen LogP contribution >= 0.6 is 12.6 Å². The summed E-state index contributed by atoms with van der Waals surface area (Å²) in [6.45, 7) is 7.97. The van der Waals surface area contributed by atoms with Crippen molar-refractivity contribution in [1.29, 1.82) is 0 Å². The molecule has 0 N–H and O–H groups in total. The largest absolute Gasteiger partial charge is 0.491 e. The van der Waals surface area contributed by atoms with Crippen LogP contribution in [-0.2, 0) is 9.31 Å². The standard InChI is InChI=1S/C19H21BO5S/c1-18(2)19(3,4)25-20(24-18)14(11-26)7-12-5-6-16-15(8-12)17(22)13(9-21)10-23-16/h5-10,26H,11H2,1-4H3. The molecule has 7 heteroatoms. The van der Waals surface area contributed by atoms with E-state index in [0.29, 0.717) is 23.0 Å². The topological polar surface area (TPSA) is 65.7 Å². The average molecular weight is 372 g/mol. The summed E-state index contributed by atoms with van der Waals surface area (Å²) in [5.74, 6) is 0.442. The van der Waals surface area contributed by atoms with Gasteiger partial charge in [-0.15, -0.1) is 0 Å². The summed E-state index contributed by atoms with van der Waals surface area (Å²) in [4.78, 5) is 23.3. The Balaban J connectivity index is 2.01. The maximum absolute atomic E-state index is 12.3. The number of hydrogen-bond acceptors (Lipinski definition) is 6. The van der Waals surface area contributed by atoms with Gasteiger partial charge in [0, 0.05) is 5.75 Å². The van der Waals surface area contributed by atoms with E-state index in [1.54, 1.807) is 12.1 Å². The molecule has 0 unspecified atom stereocenters. The van der Waals surface area contributed by atoms with E-state index >= 15 is 0 Å². The number of hydrogen-bond donors (Lipinski definition) is 1. The third-order valence-electron chi connectivity index (χ3n) is 5.04. The van der Waals surface area contributed by atoms with Crippen molar-refractivity contribution >= 4 is 43.1 Å². The molecule has 136 valence electrons. The van der Waals surface area contributed by atoms with Crippen molar-refractivity contribution < 1.29 is 18.5 Å². The second-order valence-corrected chi connectivity index (χ2v) is 7.68. The lowest BCUT2D eigenvalue weighted by Crippen LogP contribution is -2.41. The molecule has 0 bridgehead atoms. The first kappa shape index (κ1) is 19.0. The molecule has 1 aromatic heterocycles. The van der Waals surface area contributed by atoms with E-state index in [0.717, 1.165) is 11.0 Å². The summed E-state index contributed by atoms with van der Waals surface area (Å²) in [7, 11) is -0.508. The first-order valence-corrected chi connectivity index (χ1v) is 8.99. The third kappa shape index (κ3) is 3.27. The molecule has 5 nitrogen and oxygen atoms in total. The molecule has 1 fully saturated rings. The van der Waals surface area contributed by atoms with Gasteiger partial charge in [0.05, 0.1) is 22.2 Å². The van der Waals surface area contributed by atoms with Gasteiger partial charge in [0.15, 0.2) is 6.29 Å². The second-order valence-electron chi connectivity index (χ2n) is 7.36. The molecule has 0 spiro atoms. The maximum Gasteiger partial charge on any atom is 0.491 e. The fraction of sp³-hybridized carbons (Fsp3) is 0.368. The lowest BCUT2D eigenvalue weighted by atomic mass is 9.78. The van der Waals surface area contributed by atoms with Crippen molar-refractivity contribution in [3.63, 3.8) is 0 Å². The molecular weight excluding hydrogens is 351 g/mol. The SMILES string of the molecule is CC1(C)OB(C(=Cc2ccc3occ(C=O)c(=O)c3c2)CS)OC1(C)C. The Hall–Kier alpha value is -1.83. The Morgan fingerprint density at radius 2 is 1.85 bits per heavy atom. The van der Waals surface area contributed by atoms with Gasteiger partial charge in [0.2, 0.25) is 5.43 Å². The molecule has 3 rings (SSSR count). The average Bonchev–Trinajstić information content (AvgIpc) is 2.81. The molecule has 0 aliphatic carbocycles. The molecule has 1 aromatic carbocycles. The van der Waals surface area contributed by atoms with E-state index in [2.05, 4.69) is 12.6 Å². The fourth-order valence-corrected chi connectivity index (χ4v) is 2.97. The highest BCUT2D eigenvalue weighted by molar-refractivity contribution is 7.80. The number of aldehydes is 1. The molecule has 0 radical (unpaired) electrons. The summed E-state index contributed by atoms with van der Waals surface area (Å²) in [6, 6.07) is 5.24. The van der Waals surface area contributed by atoms with Crippen LogP contribution in [0.1, 0.15) is 43.6 Å². The van der Waals surface area contributed by atoms with Gasteiger partial charge in [0.25, 0.3) is 0 Å². The third-order valence-corrected chi connectivity index (χ3v) is 5.41. The number of fused-ring (bicyclic) bond motifs is 1. The minimum Gasteiger partial charge on any atom is -0.463 e. The Morgan fingerprint density at radius 3 is 2.42 bits per heavy atom. The van der Waals surface area contributed by atoms with Gasteiger partial charge >= 0.3 is 7.12 Å². The summed E-state index contributed by atoms with van der Waals surface area (Å²) >= 11 is 4.40. The minimum absolute atomic E-state index is 0.000919. The zero-order chi connectivity index (χ0) is 19.1. The maximum atomic E-state index is 12.3. The van der Waals surface area contributed by atoms with Crippen molar-refractivity contribution in [2.45, 2.75) is 38.9 Å². The quantitative estimate of drug-likeness (QED) is 0.505. The van der Waals surface area contributed by atoms with Crippen LogP contribution < -0.4 is 5.43 Å². The number of benzene rings is 1. The summed E-state index contributed by atoms with van der Waals surface area (Å²) < 4.78 is 17.5. The molecule has 1 saturated heterocycles. The van der Waals surface area contributed by atoms with E-state index in [1.807, 2.05) is 39.8 Å². The number of rotatable bonds is 4. The van der Waals surface area contributed by atoms with Crippen LogP contribution in [0.15, 0.2) is 39.1 Å². The van der Waals surface area contributed by atoms with Crippen LogP contribution in [0.3, 0.4) is 0 Å². The zero-order valence-electron chi connectivity index (χ0n) is 15.2. The van der Waals surface area contributed by atoms with Gasteiger partial charge in [-0.1, -0.05) is 12.1 Å². The van der Waals surface area contributed by atoms with Gasteiger partial charge in [-0.05, 0) is 50.9 Å². The summed E-state index contributed by atoms with van der Waals surface area (Å²) in [5.41, 5.74) is 0.833. The molecule has 0 amide bonds. The predicted molar refractivity (Wildman–Crippen MR) is 106 cm³/mol. The summed E-state index contributed by atoms with van der Waals surface area (Å²) in [5, 5.41) is 0.357. The van der Waals surface area contributed by atoms with Gasteiger partial charge in [-0.3, -0.25) is 9.59 Å². The predicted octanol–water partition coefficient (Wildman–Crippen LogP) is 3.55. The molecule has 1 aliphatic heterocycles. The van der Waals surface area contributed by atoms with Crippen LogP contribution in [0.25, 0.3) is 17.0 Å². The van der Waals surface area contributed by atoms with Crippen molar-refractivity contribution in [2.75, 3.05) is 5.75 Å². The van der Waals surface area contributed by atoms with Crippen molar-refractivity contribution in [3.05, 3.63) is 51.3 Å². The Bertz CT molecular complexity index is 929. The second kappa shape index (κ2) is 6.72. The smallest absolute Gasteiger partial charge is 0.463 e. The van der Waals surface area contributed by atoms with Crippen molar-refractivity contribution in [1.82, 2.24) is 0 Å². The number of thiol groups is 1. The first-order valence-electron chi connectivity index (χ1n) is 8.36. The van der Waals surface area contributed by atoms with Crippen LogP contribution in [0.2, 0.25) is 0 Å². The molecular formula is C19H21BO5S. The molecule has 26 heavy (non-hydrogen) atoms. The highest BCUT2D eigenvalue weighted by Gasteiger charge is 2.52. The normalized spacial score (nSPS) is 19.1. The summed E-state index contributed by atoms with van der Waals surface area (Å²) in [6.07, 6.45) is 3.57. The van der Waals surface area contributed by atoms with E-state index in [4.69, 9.17) is 13.7 Å². The van der Waals surface area contributed by atoms with Crippen LogP contribution in [0, 0.1) is 0 Å². The Kier molecular flexibility index (Phi) is 4.90. The van der Waals surface area contributed by atoms with Crippen molar-refractivity contribution in [2.24, 2.45) is 0 Å².